The van der Waals surface area contributed by atoms with Gasteiger partial charge in [0.15, 0.2) is 8.32 Å². The minimum absolute atomic E-state index is 0.0178. The Balaban J connectivity index is 1.89. The van der Waals surface area contributed by atoms with E-state index in [1.54, 1.807) is 0 Å². The Labute approximate surface area is 184 Å². The Hall–Kier alpha value is -1.11. The molecule has 4 nitrogen and oxygen atoms in total. The first-order valence-corrected chi connectivity index (χ1v) is 14.2. The van der Waals surface area contributed by atoms with E-state index in [-0.39, 0.29) is 16.4 Å². The Kier molecular flexibility index (Phi) is 6.11. The highest BCUT2D eigenvalue weighted by molar-refractivity contribution is 9.10. The molecule has 1 fully saturated rings. The van der Waals surface area contributed by atoms with Crippen LogP contribution in [0.3, 0.4) is 0 Å². The molecule has 2 heterocycles. The summed E-state index contributed by atoms with van der Waals surface area (Å²) in [5.74, 6) is 0.229. The zero-order valence-electron chi connectivity index (χ0n) is 18.9. The van der Waals surface area contributed by atoms with Crippen molar-refractivity contribution < 1.29 is 9.22 Å². The van der Waals surface area contributed by atoms with Crippen molar-refractivity contribution in [3.8, 4) is 0 Å². The lowest BCUT2D eigenvalue weighted by molar-refractivity contribution is -0.117. The normalized spacial score (nSPS) is 16.3. The monoisotopic (exact) mass is 478 g/mol. The zero-order chi connectivity index (χ0) is 21.6. The lowest BCUT2D eigenvalue weighted by atomic mass is 9.95. The Morgan fingerprint density at radius 3 is 2.45 bits per heavy atom. The van der Waals surface area contributed by atoms with E-state index in [1.807, 2.05) is 4.90 Å². The number of amides is 1. The number of benzene rings is 1. The van der Waals surface area contributed by atoms with Crippen LogP contribution >= 0.6 is 15.9 Å². The van der Waals surface area contributed by atoms with Gasteiger partial charge in [-0.1, -0.05) is 50.5 Å². The highest BCUT2D eigenvalue weighted by Gasteiger charge is 2.38. The molecular formula is C23H35BrN2O2Si. The smallest absolute Gasteiger partial charge is 0.227 e. The topological polar surface area (TPSA) is 34.5 Å². The molecule has 1 amide bonds. The molecule has 1 aliphatic heterocycles. The summed E-state index contributed by atoms with van der Waals surface area (Å²) in [6.07, 6.45) is 3.75. The van der Waals surface area contributed by atoms with E-state index in [1.165, 1.54) is 0 Å². The largest absolute Gasteiger partial charge is 0.416 e. The molecular weight excluding hydrogens is 444 g/mol. The molecule has 2 aromatic rings. The van der Waals surface area contributed by atoms with Crippen molar-refractivity contribution >= 4 is 46.7 Å². The number of rotatable bonds is 6. The Bertz CT molecular complexity index is 911. The van der Waals surface area contributed by atoms with Gasteiger partial charge in [0.25, 0.3) is 0 Å². The fraction of sp³-hybridized carbons (Fsp3) is 0.609. The molecule has 0 unspecified atom stereocenters. The first-order chi connectivity index (χ1) is 13.3. The number of nitrogens with zero attached hydrogens (tertiary/aromatic N) is 2. The average molecular weight is 480 g/mol. The lowest BCUT2D eigenvalue weighted by Crippen LogP contribution is -2.43. The summed E-state index contributed by atoms with van der Waals surface area (Å²) in [5.41, 5.74) is 2.18. The van der Waals surface area contributed by atoms with Crippen molar-refractivity contribution in [2.45, 2.75) is 72.1 Å². The minimum atomic E-state index is -1.79. The van der Waals surface area contributed by atoms with Gasteiger partial charge < -0.3 is 13.9 Å². The van der Waals surface area contributed by atoms with Gasteiger partial charge in [0, 0.05) is 47.6 Å². The number of fused-ring (bicyclic) bond motifs is 1. The molecule has 0 radical (unpaired) electrons. The number of hydrogen-bond donors (Lipinski definition) is 0. The van der Waals surface area contributed by atoms with Gasteiger partial charge in [-0.15, -0.1) is 0 Å². The van der Waals surface area contributed by atoms with Crippen LogP contribution in [0.25, 0.3) is 10.9 Å². The molecule has 0 atom stereocenters. The molecule has 6 heteroatoms. The third kappa shape index (κ3) is 4.80. The van der Waals surface area contributed by atoms with Crippen LogP contribution in [0.4, 0.5) is 5.69 Å². The number of aromatic nitrogens is 1. The number of anilines is 1. The molecule has 1 saturated heterocycles. The predicted octanol–water partition coefficient (Wildman–Crippen LogP) is 6.58. The summed E-state index contributed by atoms with van der Waals surface area (Å²) < 4.78 is 9.90. The predicted molar refractivity (Wildman–Crippen MR) is 128 cm³/mol. The van der Waals surface area contributed by atoms with Crippen molar-refractivity contribution in [2.75, 3.05) is 18.1 Å². The third-order valence-electron chi connectivity index (χ3n) is 6.42. The fourth-order valence-corrected chi connectivity index (χ4v) is 5.13. The van der Waals surface area contributed by atoms with E-state index in [2.05, 4.69) is 92.6 Å². The molecule has 160 valence electrons. The second-order valence-electron chi connectivity index (χ2n) is 10.7. The number of hydrogen-bond acceptors (Lipinski definition) is 2. The molecule has 29 heavy (non-hydrogen) atoms. The van der Waals surface area contributed by atoms with Gasteiger partial charge in [-0.25, -0.2) is 0 Å². The van der Waals surface area contributed by atoms with Gasteiger partial charge in [-0.2, -0.15) is 0 Å². The van der Waals surface area contributed by atoms with E-state index < -0.39 is 8.32 Å². The van der Waals surface area contributed by atoms with Gasteiger partial charge in [-0.3, -0.25) is 4.79 Å². The van der Waals surface area contributed by atoms with Crippen LogP contribution in [0.1, 0.15) is 47.5 Å². The van der Waals surface area contributed by atoms with E-state index in [9.17, 15) is 4.79 Å². The quantitative estimate of drug-likeness (QED) is 0.439. The van der Waals surface area contributed by atoms with Gasteiger partial charge in [-0.05, 0) is 42.8 Å². The average Bonchev–Trinajstić information content (AvgIpc) is 3.15. The van der Waals surface area contributed by atoms with Crippen LogP contribution in [0.15, 0.2) is 28.9 Å². The Morgan fingerprint density at radius 2 is 1.86 bits per heavy atom. The number of halogens is 1. The second kappa shape index (κ2) is 7.86. The maximum Gasteiger partial charge on any atom is 0.227 e. The fourth-order valence-electron chi connectivity index (χ4n) is 3.59. The van der Waals surface area contributed by atoms with Crippen molar-refractivity contribution in [3.63, 3.8) is 0 Å². The van der Waals surface area contributed by atoms with Crippen LogP contribution in [-0.4, -0.2) is 31.9 Å². The molecule has 0 spiro atoms. The zero-order valence-corrected chi connectivity index (χ0v) is 21.5. The van der Waals surface area contributed by atoms with Crippen molar-refractivity contribution in [1.29, 1.82) is 0 Å². The summed E-state index contributed by atoms with van der Waals surface area (Å²) in [7, 11) is -1.79. The highest BCUT2D eigenvalue weighted by atomic mass is 79.9. The van der Waals surface area contributed by atoms with Crippen molar-refractivity contribution in [3.05, 3.63) is 28.9 Å². The highest BCUT2D eigenvalue weighted by Crippen LogP contribution is 2.39. The van der Waals surface area contributed by atoms with Crippen LogP contribution in [0.2, 0.25) is 18.1 Å². The number of carbonyl (C=O) groups is 1. The van der Waals surface area contributed by atoms with E-state index >= 15 is 0 Å². The first kappa shape index (κ1) is 22.6. The summed E-state index contributed by atoms with van der Waals surface area (Å²) in [6, 6.07) is 6.34. The van der Waals surface area contributed by atoms with E-state index in [0.717, 1.165) is 47.2 Å². The molecule has 0 saturated carbocycles. The molecule has 0 N–H and O–H groups in total. The Morgan fingerprint density at radius 1 is 1.17 bits per heavy atom. The van der Waals surface area contributed by atoms with Crippen molar-refractivity contribution in [1.82, 2.24) is 4.57 Å². The standard InChI is InChI=1S/C23H35BrN2O2Si/c1-22(2,3)29(6,7)28-16-23(4,5)15-25-14-20(26-12-8-9-21(26)27)18-11-10-17(24)13-19(18)25/h10-11,13-14H,8-9,12,15-16H2,1-7H3. The van der Waals surface area contributed by atoms with E-state index in [4.69, 9.17) is 4.43 Å². The molecule has 1 aromatic carbocycles. The maximum absolute atomic E-state index is 12.4. The number of carbonyl (C=O) groups excluding carboxylic acids is 1. The second-order valence-corrected chi connectivity index (χ2v) is 16.4. The molecule has 0 aliphatic carbocycles. The molecule has 3 rings (SSSR count). The molecule has 0 bridgehead atoms. The SMILES string of the molecule is CC(C)(CO[Si](C)(C)C(C)(C)C)Cn1cc(N2CCCC2=O)c2ccc(Br)cc21. The van der Waals surface area contributed by atoms with Gasteiger partial charge in [0.2, 0.25) is 5.91 Å². The van der Waals surface area contributed by atoms with Crippen LogP contribution in [0, 0.1) is 5.41 Å². The summed E-state index contributed by atoms with van der Waals surface area (Å²) >= 11 is 3.62. The van der Waals surface area contributed by atoms with Crippen LogP contribution in [-0.2, 0) is 15.8 Å². The minimum Gasteiger partial charge on any atom is -0.416 e. The van der Waals surface area contributed by atoms with Gasteiger partial charge in [0.1, 0.15) is 0 Å². The first-order valence-electron chi connectivity index (χ1n) is 10.5. The maximum atomic E-state index is 12.4. The summed E-state index contributed by atoms with van der Waals surface area (Å²) in [4.78, 5) is 14.3. The summed E-state index contributed by atoms with van der Waals surface area (Å²) in [5, 5.41) is 1.35. The summed E-state index contributed by atoms with van der Waals surface area (Å²) in [6.45, 7) is 18.4. The third-order valence-corrected chi connectivity index (χ3v) is 11.4. The van der Waals surface area contributed by atoms with E-state index in [0.29, 0.717) is 6.42 Å². The van der Waals surface area contributed by atoms with Crippen LogP contribution in [0.5, 0.6) is 0 Å². The van der Waals surface area contributed by atoms with Crippen molar-refractivity contribution in [2.24, 2.45) is 5.41 Å². The molecule has 1 aromatic heterocycles. The molecule has 1 aliphatic rings. The van der Waals surface area contributed by atoms with Crippen LogP contribution < -0.4 is 4.90 Å². The van der Waals surface area contributed by atoms with Gasteiger partial charge >= 0.3 is 0 Å². The van der Waals surface area contributed by atoms with Gasteiger partial charge in [0.05, 0.1) is 11.2 Å². The lowest BCUT2D eigenvalue weighted by Gasteiger charge is -2.39.